The number of aromatic nitrogens is 1. The number of benzene rings is 1. The van der Waals surface area contributed by atoms with Crippen molar-refractivity contribution >= 4 is 17.4 Å². The highest BCUT2D eigenvalue weighted by Crippen LogP contribution is 2.17. The minimum atomic E-state index is -0.455. The number of Topliss-reactive ketones (excluding diaryl/α,β-unsaturated/α-hetero) is 1. The first-order valence-electron chi connectivity index (χ1n) is 5.88. The Balaban J connectivity index is 2.25. The van der Waals surface area contributed by atoms with Gasteiger partial charge >= 0.3 is 0 Å². The van der Waals surface area contributed by atoms with Crippen LogP contribution >= 0.6 is 11.6 Å². The molecule has 0 bridgehead atoms. The van der Waals surface area contributed by atoms with Gasteiger partial charge in [-0.15, -0.1) is 0 Å². The molecule has 0 saturated carbocycles. The first kappa shape index (κ1) is 13.7. The number of carbonyl (C=O) groups is 1. The van der Waals surface area contributed by atoms with Crippen LogP contribution in [0.2, 0.25) is 5.02 Å². The third-order valence-electron chi connectivity index (χ3n) is 2.77. The largest absolute Gasteiger partial charge is 0.294 e. The molecule has 1 aromatic carbocycles. The van der Waals surface area contributed by atoms with Crippen LogP contribution in [0, 0.1) is 19.7 Å². The van der Waals surface area contributed by atoms with Crippen molar-refractivity contribution in [3.8, 4) is 0 Å². The van der Waals surface area contributed by atoms with Gasteiger partial charge in [0.1, 0.15) is 5.82 Å². The molecule has 2 aromatic rings. The predicted molar refractivity (Wildman–Crippen MR) is 73.2 cm³/mol. The summed E-state index contributed by atoms with van der Waals surface area (Å²) in [6, 6.07) is 7.76. The van der Waals surface area contributed by atoms with Gasteiger partial charge in [-0.3, -0.25) is 9.78 Å². The standard InChI is InChI=1S/C15H13ClFNO/c1-9-5-12(6-10(2)18-9)15(19)7-11-3-4-13(16)8-14(11)17/h3-6,8H,7H2,1-2H3. The molecule has 2 rings (SSSR count). The van der Waals surface area contributed by atoms with Crippen LogP contribution in [0.1, 0.15) is 27.3 Å². The van der Waals surface area contributed by atoms with Crippen molar-refractivity contribution in [1.29, 1.82) is 0 Å². The molecule has 0 saturated heterocycles. The number of ketones is 1. The maximum absolute atomic E-state index is 13.6. The zero-order valence-electron chi connectivity index (χ0n) is 10.7. The van der Waals surface area contributed by atoms with Crippen LogP contribution in [0.5, 0.6) is 0 Å². The number of halogens is 2. The zero-order valence-corrected chi connectivity index (χ0v) is 11.5. The van der Waals surface area contributed by atoms with E-state index >= 15 is 0 Å². The van der Waals surface area contributed by atoms with Crippen molar-refractivity contribution in [3.05, 3.63) is 63.7 Å². The number of nitrogens with zero attached hydrogens (tertiary/aromatic N) is 1. The van der Waals surface area contributed by atoms with E-state index < -0.39 is 5.82 Å². The molecule has 4 heteroatoms. The topological polar surface area (TPSA) is 30.0 Å². The lowest BCUT2D eigenvalue weighted by Crippen LogP contribution is -2.06. The summed E-state index contributed by atoms with van der Waals surface area (Å²) in [5.41, 5.74) is 2.46. The summed E-state index contributed by atoms with van der Waals surface area (Å²) >= 11 is 5.68. The van der Waals surface area contributed by atoms with E-state index in [-0.39, 0.29) is 12.2 Å². The third kappa shape index (κ3) is 3.38. The fourth-order valence-electron chi connectivity index (χ4n) is 1.94. The minimum absolute atomic E-state index is 0.0197. The lowest BCUT2D eigenvalue weighted by atomic mass is 10.0. The molecule has 0 aliphatic heterocycles. The average molecular weight is 278 g/mol. The molecule has 0 aliphatic rings. The van der Waals surface area contributed by atoms with Crippen LogP contribution in [0.3, 0.4) is 0 Å². The van der Waals surface area contributed by atoms with E-state index in [4.69, 9.17) is 11.6 Å². The summed E-state index contributed by atoms with van der Waals surface area (Å²) in [5.74, 6) is -0.585. The van der Waals surface area contributed by atoms with Gasteiger partial charge in [0.05, 0.1) is 0 Å². The minimum Gasteiger partial charge on any atom is -0.294 e. The fraction of sp³-hybridized carbons (Fsp3) is 0.200. The van der Waals surface area contributed by atoms with Crippen LogP contribution in [0.25, 0.3) is 0 Å². The lowest BCUT2D eigenvalue weighted by molar-refractivity contribution is 0.0991. The van der Waals surface area contributed by atoms with Gasteiger partial charge in [0.2, 0.25) is 0 Å². The second-order valence-corrected chi connectivity index (χ2v) is 4.91. The van der Waals surface area contributed by atoms with E-state index in [2.05, 4.69) is 4.98 Å². The van der Waals surface area contributed by atoms with Crippen molar-refractivity contribution in [1.82, 2.24) is 4.98 Å². The third-order valence-corrected chi connectivity index (χ3v) is 3.00. The van der Waals surface area contributed by atoms with Crippen molar-refractivity contribution in [2.45, 2.75) is 20.3 Å². The normalized spacial score (nSPS) is 10.5. The van der Waals surface area contributed by atoms with Crippen LogP contribution in [0.4, 0.5) is 4.39 Å². The molecule has 0 atom stereocenters. The molecule has 0 fully saturated rings. The number of hydrogen-bond acceptors (Lipinski definition) is 2. The number of rotatable bonds is 3. The molecule has 0 aliphatic carbocycles. The second-order valence-electron chi connectivity index (χ2n) is 4.47. The Hall–Kier alpha value is -1.74. The van der Waals surface area contributed by atoms with Gasteiger partial charge in [0.15, 0.2) is 5.78 Å². The van der Waals surface area contributed by atoms with Crippen LogP contribution < -0.4 is 0 Å². The Bertz CT molecular complexity index is 620. The van der Waals surface area contributed by atoms with Crippen LogP contribution in [-0.4, -0.2) is 10.8 Å². The maximum atomic E-state index is 13.6. The van der Waals surface area contributed by atoms with Crippen molar-refractivity contribution < 1.29 is 9.18 Å². The zero-order chi connectivity index (χ0) is 14.0. The van der Waals surface area contributed by atoms with Gasteiger partial charge in [-0.2, -0.15) is 0 Å². The Kier molecular flexibility index (Phi) is 3.96. The molecule has 2 nitrogen and oxygen atoms in total. The van der Waals surface area contributed by atoms with E-state index in [0.717, 1.165) is 11.4 Å². The monoisotopic (exact) mass is 277 g/mol. The second kappa shape index (κ2) is 5.49. The molecule has 0 spiro atoms. The van der Waals surface area contributed by atoms with E-state index in [9.17, 15) is 9.18 Å². The molecule has 0 N–H and O–H groups in total. The molecule has 0 amide bonds. The summed E-state index contributed by atoms with van der Waals surface area (Å²) in [6.07, 6.45) is 0.0197. The highest BCUT2D eigenvalue weighted by atomic mass is 35.5. The molecule has 0 radical (unpaired) electrons. The van der Waals surface area contributed by atoms with E-state index in [1.807, 2.05) is 13.8 Å². The van der Waals surface area contributed by atoms with Gasteiger partial charge < -0.3 is 0 Å². The van der Waals surface area contributed by atoms with Gasteiger partial charge in [0.25, 0.3) is 0 Å². The molecular formula is C15H13ClFNO. The van der Waals surface area contributed by atoms with E-state index in [1.54, 1.807) is 18.2 Å². The Morgan fingerprint density at radius 2 is 1.84 bits per heavy atom. The van der Waals surface area contributed by atoms with Gasteiger partial charge in [-0.1, -0.05) is 17.7 Å². The van der Waals surface area contributed by atoms with Gasteiger partial charge in [-0.05, 0) is 43.7 Å². The molecule has 19 heavy (non-hydrogen) atoms. The fourth-order valence-corrected chi connectivity index (χ4v) is 2.09. The Morgan fingerprint density at radius 1 is 1.21 bits per heavy atom. The number of pyridine rings is 1. The maximum Gasteiger partial charge on any atom is 0.167 e. The molecule has 0 unspecified atom stereocenters. The first-order chi connectivity index (χ1) is 8.95. The van der Waals surface area contributed by atoms with E-state index in [1.165, 1.54) is 12.1 Å². The molecule has 1 heterocycles. The quantitative estimate of drug-likeness (QED) is 0.796. The smallest absolute Gasteiger partial charge is 0.167 e. The summed E-state index contributed by atoms with van der Waals surface area (Å²) in [7, 11) is 0. The number of hydrogen-bond donors (Lipinski definition) is 0. The van der Waals surface area contributed by atoms with Gasteiger partial charge in [0, 0.05) is 28.4 Å². The highest BCUT2D eigenvalue weighted by Gasteiger charge is 2.12. The Morgan fingerprint density at radius 3 is 2.42 bits per heavy atom. The summed E-state index contributed by atoms with van der Waals surface area (Å²) < 4.78 is 13.6. The van der Waals surface area contributed by atoms with Crippen molar-refractivity contribution in [3.63, 3.8) is 0 Å². The average Bonchev–Trinajstić information content (AvgIpc) is 2.31. The van der Waals surface area contributed by atoms with Crippen molar-refractivity contribution in [2.24, 2.45) is 0 Å². The van der Waals surface area contributed by atoms with Crippen molar-refractivity contribution in [2.75, 3.05) is 0 Å². The number of carbonyl (C=O) groups excluding carboxylic acids is 1. The first-order valence-corrected chi connectivity index (χ1v) is 6.26. The summed E-state index contributed by atoms with van der Waals surface area (Å²) in [5, 5.41) is 0.323. The lowest BCUT2D eigenvalue weighted by Gasteiger charge is -2.05. The van der Waals surface area contributed by atoms with Crippen LogP contribution in [0.15, 0.2) is 30.3 Å². The highest BCUT2D eigenvalue weighted by molar-refractivity contribution is 6.30. The summed E-state index contributed by atoms with van der Waals surface area (Å²) in [6.45, 7) is 3.65. The predicted octanol–water partition coefficient (Wildman–Crippen LogP) is 3.92. The molecular weight excluding hydrogens is 265 g/mol. The summed E-state index contributed by atoms with van der Waals surface area (Å²) in [4.78, 5) is 16.3. The molecule has 1 aromatic heterocycles. The molecule has 98 valence electrons. The Labute approximate surface area is 116 Å². The van der Waals surface area contributed by atoms with Gasteiger partial charge in [-0.25, -0.2) is 4.39 Å². The van der Waals surface area contributed by atoms with E-state index in [0.29, 0.717) is 16.1 Å². The van der Waals surface area contributed by atoms with Crippen LogP contribution in [-0.2, 0) is 6.42 Å². The SMILES string of the molecule is Cc1cc(C(=O)Cc2ccc(Cl)cc2F)cc(C)n1. The number of aryl methyl sites for hydroxylation is 2.